The summed E-state index contributed by atoms with van der Waals surface area (Å²) in [7, 11) is 0. The van der Waals surface area contributed by atoms with Crippen LogP contribution >= 0.6 is 12.4 Å². The summed E-state index contributed by atoms with van der Waals surface area (Å²) < 4.78 is 0. The number of benzene rings is 1. The van der Waals surface area contributed by atoms with Gasteiger partial charge in [-0.2, -0.15) is 0 Å². The van der Waals surface area contributed by atoms with E-state index in [9.17, 15) is 4.79 Å². The van der Waals surface area contributed by atoms with Gasteiger partial charge >= 0.3 is 0 Å². The second kappa shape index (κ2) is 5.93. The molecule has 0 saturated carbocycles. The van der Waals surface area contributed by atoms with E-state index in [0.717, 1.165) is 32.5 Å². The first-order valence-corrected chi connectivity index (χ1v) is 6.86. The average Bonchev–Trinajstić information content (AvgIpc) is 2.93. The highest BCUT2D eigenvalue weighted by Crippen LogP contribution is 2.30. The molecule has 1 aromatic carbocycles. The van der Waals surface area contributed by atoms with Gasteiger partial charge in [0.15, 0.2) is 0 Å². The molecule has 2 aliphatic rings. The summed E-state index contributed by atoms with van der Waals surface area (Å²) >= 11 is 0. The van der Waals surface area contributed by atoms with E-state index in [1.54, 1.807) is 0 Å². The molecule has 1 N–H and O–H groups in total. The summed E-state index contributed by atoms with van der Waals surface area (Å²) in [5, 5.41) is 3.28. The lowest BCUT2D eigenvalue weighted by molar-refractivity contribution is -0.137. The maximum atomic E-state index is 12.5. The number of nitrogens with zero attached hydrogens (tertiary/aromatic N) is 1. The highest BCUT2D eigenvalue weighted by atomic mass is 35.5. The molecule has 0 spiro atoms. The normalized spacial score (nSPS) is 25.6. The third-order valence-electron chi connectivity index (χ3n) is 4.29. The van der Waals surface area contributed by atoms with E-state index >= 15 is 0 Å². The van der Waals surface area contributed by atoms with Gasteiger partial charge < -0.3 is 10.2 Å². The molecule has 0 bridgehead atoms. The number of fused-ring (bicyclic) bond motifs is 1. The van der Waals surface area contributed by atoms with Crippen LogP contribution in [-0.4, -0.2) is 30.4 Å². The Bertz CT molecular complexity index is 457. The van der Waals surface area contributed by atoms with Crippen molar-refractivity contribution in [3.63, 3.8) is 0 Å². The van der Waals surface area contributed by atoms with Crippen molar-refractivity contribution in [3.05, 3.63) is 35.4 Å². The van der Waals surface area contributed by atoms with Crippen molar-refractivity contribution in [2.45, 2.75) is 25.8 Å². The Labute approximate surface area is 120 Å². The van der Waals surface area contributed by atoms with Crippen LogP contribution in [0.5, 0.6) is 0 Å². The number of carbonyl (C=O) groups is 1. The molecule has 0 aromatic heterocycles. The van der Waals surface area contributed by atoms with Gasteiger partial charge in [0.05, 0.1) is 12.0 Å². The second-order valence-corrected chi connectivity index (χ2v) is 5.35. The zero-order chi connectivity index (χ0) is 12.5. The number of hydrogen-bond donors (Lipinski definition) is 1. The van der Waals surface area contributed by atoms with Gasteiger partial charge in [0.1, 0.15) is 0 Å². The minimum absolute atomic E-state index is 0. The van der Waals surface area contributed by atoms with Crippen LogP contribution in [0.2, 0.25) is 0 Å². The van der Waals surface area contributed by atoms with Crippen molar-refractivity contribution in [1.29, 1.82) is 0 Å². The minimum Gasteiger partial charge on any atom is -0.335 e. The minimum atomic E-state index is 0. The van der Waals surface area contributed by atoms with E-state index in [0.29, 0.717) is 5.91 Å². The molecule has 0 radical (unpaired) electrons. The second-order valence-electron chi connectivity index (χ2n) is 5.35. The monoisotopic (exact) mass is 280 g/mol. The molecule has 2 aliphatic heterocycles. The molecule has 2 atom stereocenters. The zero-order valence-corrected chi connectivity index (χ0v) is 12.1. The molecule has 104 valence electrons. The molecule has 19 heavy (non-hydrogen) atoms. The van der Waals surface area contributed by atoms with Gasteiger partial charge in [0.25, 0.3) is 0 Å². The molecule has 2 heterocycles. The third-order valence-corrected chi connectivity index (χ3v) is 4.29. The molecule has 3 nitrogen and oxygen atoms in total. The Kier molecular flexibility index (Phi) is 4.48. The Morgan fingerprint density at radius 2 is 2.16 bits per heavy atom. The van der Waals surface area contributed by atoms with Crippen LogP contribution in [0.15, 0.2) is 24.3 Å². The highest BCUT2D eigenvalue weighted by Gasteiger charge is 2.32. The fourth-order valence-corrected chi connectivity index (χ4v) is 3.17. The van der Waals surface area contributed by atoms with E-state index in [1.807, 2.05) is 0 Å². The molecular formula is C15H21ClN2O. The smallest absolute Gasteiger partial charge is 0.227 e. The molecule has 2 unspecified atom stereocenters. The first-order chi connectivity index (χ1) is 8.77. The number of carbonyl (C=O) groups excluding carboxylic acids is 1. The number of hydrogen-bond acceptors (Lipinski definition) is 2. The average molecular weight is 281 g/mol. The maximum Gasteiger partial charge on any atom is 0.227 e. The van der Waals surface area contributed by atoms with Gasteiger partial charge in [-0.25, -0.2) is 0 Å². The van der Waals surface area contributed by atoms with Crippen molar-refractivity contribution >= 4 is 18.3 Å². The molecule has 4 heteroatoms. The van der Waals surface area contributed by atoms with Crippen LogP contribution < -0.4 is 5.32 Å². The van der Waals surface area contributed by atoms with Crippen molar-refractivity contribution in [2.75, 3.05) is 19.6 Å². The topological polar surface area (TPSA) is 32.3 Å². The molecule has 1 fully saturated rings. The molecular weight excluding hydrogens is 260 g/mol. The Hall–Kier alpha value is -1.06. The van der Waals surface area contributed by atoms with Gasteiger partial charge in [-0.15, -0.1) is 12.4 Å². The quantitative estimate of drug-likeness (QED) is 0.855. The van der Waals surface area contributed by atoms with E-state index in [1.165, 1.54) is 11.1 Å². The first kappa shape index (κ1) is 14.4. The van der Waals surface area contributed by atoms with Crippen molar-refractivity contribution < 1.29 is 4.79 Å². The first-order valence-electron chi connectivity index (χ1n) is 6.86. The zero-order valence-electron chi connectivity index (χ0n) is 11.3. The predicted octanol–water partition coefficient (Wildman–Crippen LogP) is 2.16. The number of amides is 1. The van der Waals surface area contributed by atoms with Crippen LogP contribution in [0, 0.1) is 5.92 Å². The van der Waals surface area contributed by atoms with Crippen LogP contribution in [0.3, 0.4) is 0 Å². The van der Waals surface area contributed by atoms with Gasteiger partial charge in [-0.3, -0.25) is 4.79 Å². The van der Waals surface area contributed by atoms with Crippen LogP contribution in [0.4, 0.5) is 0 Å². The Balaban J connectivity index is 0.00000133. The van der Waals surface area contributed by atoms with Gasteiger partial charge in [0.2, 0.25) is 5.91 Å². The molecule has 1 saturated heterocycles. The van der Waals surface area contributed by atoms with Crippen molar-refractivity contribution in [2.24, 2.45) is 5.92 Å². The van der Waals surface area contributed by atoms with E-state index < -0.39 is 0 Å². The summed E-state index contributed by atoms with van der Waals surface area (Å²) in [4.78, 5) is 14.6. The molecule has 1 amide bonds. The molecule has 0 aliphatic carbocycles. The lowest BCUT2D eigenvalue weighted by atomic mass is 9.92. The predicted molar refractivity (Wildman–Crippen MR) is 78.5 cm³/mol. The van der Waals surface area contributed by atoms with Crippen LogP contribution in [0.25, 0.3) is 0 Å². The van der Waals surface area contributed by atoms with Crippen LogP contribution in [-0.2, 0) is 11.2 Å². The summed E-state index contributed by atoms with van der Waals surface area (Å²) in [5.74, 6) is 0.528. The van der Waals surface area contributed by atoms with Gasteiger partial charge in [-0.1, -0.05) is 24.3 Å². The van der Waals surface area contributed by atoms with Gasteiger partial charge in [-0.05, 0) is 37.4 Å². The summed E-state index contributed by atoms with van der Waals surface area (Å²) in [5.41, 5.74) is 2.72. The van der Waals surface area contributed by atoms with Crippen molar-refractivity contribution in [3.8, 4) is 0 Å². The molecule has 1 aromatic rings. The third kappa shape index (κ3) is 2.63. The molecule has 3 rings (SSSR count). The van der Waals surface area contributed by atoms with Crippen LogP contribution in [0.1, 0.15) is 30.5 Å². The van der Waals surface area contributed by atoms with E-state index in [2.05, 4.69) is 41.4 Å². The highest BCUT2D eigenvalue weighted by molar-refractivity contribution is 5.85. The standard InChI is InChI=1S/C15H20N2O.ClH/c1-11-14-5-3-2-4-12(14)7-9-17(11)15(18)13-6-8-16-10-13;/h2-5,11,13,16H,6-10H2,1H3;1H. The fraction of sp³-hybridized carbons (Fsp3) is 0.533. The van der Waals surface area contributed by atoms with E-state index in [4.69, 9.17) is 0 Å². The largest absolute Gasteiger partial charge is 0.335 e. The Morgan fingerprint density at radius 3 is 2.89 bits per heavy atom. The fourth-order valence-electron chi connectivity index (χ4n) is 3.17. The summed E-state index contributed by atoms with van der Waals surface area (Å²) in [6, 6.07) is 8.73. The lowest BCUT2D eigenvalue weighted by Gasteiger charge is -2.36. The lowest BCUT2D eigenvalue weighted by Crippen LogP contribution is -2.42. The number of rotatable bonds is 1. The van der Waals surface area contributed by atoms with Crippen molar-refractivity contribution in [1.82, 2.24) is 10.2 Å². The maximum absolute atomic E-state index is 12.5. The summed E-state index contributed by atoms with van der Waals surface area (Å²) in [6.07, 6.45) is 1.98. The number of halogens is 1. The van der Waals surface area contributed by atoms with E-state index in [-0.39, 0.29) is 24.4 Å². The number of nitrogens with one attached hydrogen (secondary N) is 1. The Morgan fingerprint density at radius 1 is 1.37 bits per heavy atom. The SMILES string of the molecule is CC1c2ccccc2CCN1C(=O)C1CCNC1.Cl. The van der Waals surface area contributed by atoms with Gasteiger partial charge in [0, 0.05) is 13.1 Å². The summed E-state index contributed by atoms with van der Waals surface area (Å²) in [6.45, 7) is 4.85.